The number of ether oxygens (including phenoxy) is 1. The van der Waals surface area contributed by atoms with Crippen molar-refractivity contribution < 1.29 is 9.53 Å². The van der Waals surface area contributed by atoms with Crippen LogP contribution in [0.25, 0.3) is 11.1 Å². The summed E-state index contributed by atoms with van der Waals surface area (Å²) < 4.78 is 4.88. The van der Waals surface area contributed by atoms with Crippen LogP contribution in [0.2, 0.25) is 0 Å². The van der Waals surface area contributed by atoms with Crippen molar-refractivity contribution in [3.05, 3.63) is 40.3 Å². The Morgan fingerprint density at radius 1 is 1.25 bits per heavy atom. The zero-order chi connectivity index (χ0) is 14.9. The van der Waals surface area contributed by atoms with Gasteiger partial charge in [0.1, 0.15) is 10.6 Å². The highest BCUT2D eigenvalue weighted by molar-refractivity contribution is 7.17. The maximum atomic E-state index is 12.0. The van der Waals surface area contributed by atoms with Crippen LogP contribution in [0.15, 0.2) is 24.3 Å². The molecule has 2 N–H and O–H groups in total. The summed E-state index contributed by atoms with van der Waals surface area (Å²) in [5.41, 5.74) is 9.63. The Labute approximate surface area is 123 Å². The number of benzene rings is 1. The Balaban J connectivity index is 2.70. The molecule has 0 aliphatic carbocycles. The van der Waals surface area contributed by atoms with E-state index in [4.69, 9.17) is 10.5 Å². The van der Waals surface area contributed by atoms with Gasteiger partial charge >= 0.3 is 5.97 Å². The van der Waals surface area contributed by atoms with E-state index in [-0.39, 0.29) is 5.97 Å². The second kappa shape index (κ2) is 5.67. The highest BCUT2D eigenvalue weighted by Gasteiger charge is 2.25. The van der Waals surface area contributed by atoms with Crippen molar-refractivity contribution in [1.82, 2.24) is 0 Å². The second-order valence-corrected chi connectivity index (χ2v) is 6.18. The Morgan fingerprint density at radius 2 is 1.85 bits per heavy atom. The summed E-state index contributed by atoms with van der Waals surface area (Å²) in [5, 5.41) is 0.524. The van der Waals surface area contributed by atoms with Crippen molar-refractivity contribution in [3.8, 4) is 11.1 Å². The Hall–Kier alpha value is -1.81. The number of hydrogen-bond donors (Lipinski definition) is 1. The predicted molar refractivity (Wildman–Crippen MR) is 84.3 cm³/mol. The van der Waals surface area contributed by atoms with Crippen molar-refractivity contribution in [2.75, 3.05) is 12.8 Å². The number of nitrogens with two attached hydrogens (primary N) is 1. The van der Waals surface area contributed by atoms with E-state index in [1.807, 2.05) is 31.2 Å². The second-order valence-electron chi connectivity index (χ2n) is 5.09. The van der Waals surface area contributed by atoms with Crippen LogP contribution in [0, 0.1) is 6.92 Å². The van der Waals surface area contributed by atoms with Gasteiger partial charge in [0.15, 0.2) is 0 Å². The van der Waals surface area contributed by atoms with Crippen LogP contribution >= 0.6 is 11.3 Å². The van der Waals surface area contributed by atoms with Gasteiger partial charge in [0.25, 0.3) is 0 Å². The minimum atomic E-state index is -0.374. The maximum Gasteiger partial charge on any atom is 0.341 e. The summed E-state index contributed by atoms with van der Waals surface area (Å²) in [7, 11) is 1.38. The standard InChI is InChI=1S/C16H19NO2S/c1-9(2)14-12(11-7-5-10(3)6-8-11)13(15(17)20-14)16(18)19-4/h5-9H,17H2,1-4H3. The van der Waals surface area contributed by atoms with Gasteiger partial charge in [-0.15, -0.1) is 11.3 Å². The third kappa shape index (κ3) is 2.56. The molecule has 0 bridgehead atoms. The molecule has 2 aromatic rings. The molecule has 0 spiro atoms. The Kier molecular flexibility index (Phi) is 4.14. The van der Waals surface area contributed by atoms with Crippen molar-refractivity contribution in [2.24, 2.45) is 0 Å². The van der Waals surface area contributed by atoms with Gasteiger partial charge in [-0.05, 0) is 18.4 Å². The van der Waals surface area contributed by atoms with Crippen LogP contribution < -0.4 is 5.73 Å². The largest absolute Gasteiger partial charge is 0.465 e. The van der Waals surface area contributed by atoms with Gasteiger partial charge in [-0.3, -0.25) is 0 Å². The topological polar surface area (TPSA) is 52.3 Å². The molecule has 2 rings (SSSR count). The molecule has 0 radical (unpaired) electrons. The summed E-state index contributed by atoms with van der Waals surface area (Å²) in [5.74, 6) is -0.0711. The van der Waals surface area contributed by atoms with Gasteiger partial charge < -0.3 is 10.5 Å². The molecule has 0 unspecified atom stereocenters. The predicted octanol–water partition coefficient (Wildman–Crippen LogP) is 4.22. The van der Waals surface area contributed by atoms with Crippen LogP contribution in [0.4, 0.5) is 5.00 Å². The van der Waals surface area contributed by atoms with Crippen molar-refractivity contribution in [1.29, 1.82) is 0 Å². The molecule has 0 aliphatic rings. The van der Waals surface area contributed by atoms with Crippen LogP contribution in [-0.2, 0) is 4.74 Å². The fraction of sp³-hybridized carbons (Fsp3) is 0.312. The number of carbonyl (C=O) groups is 1. The van der Waals surface area contributed by atoms with Crippen molar-refractivity contribution >= 4 is 22.3 Å². The van der Waals surface area contributed by atoms with Gasteiger partial charge in [-0.1, -0.05) is 43.7 Å². The number of anilines is 1. The lowest BCUT2D eigenvalue weighted by molar-refractivity contribution is 0.0603. The van der Waals surface area contributed by atoms with E-state index in [9.17, 15) is 4.79 Å². The fourth-order valence-corrected chi connectivity index (χ4v) is 3.27. The third-order valence-corrected chi connectivity index (χ3v) is 4.54. The van der Waals surface area contributed by atoms with Crippen LogP contribution in [0.1, 0.15) is 40.6 Å². The minimum Gasteiger partial charge on any atom is -0.465 e. The molecule has 0 saturated carbocycles. The van der Waals surface area contributed by atoms with Crippen molar-refractivity contribution in [2.45, 2.75) is 26.7 Å². The molecule has 20 heavy (non-hydrogen) atoms. The lowest BCUT2D eigenvalue weighted by atomic mass is 9.96. The number of hydrogen-bond acceptors (Lipinski definition) is 4. The number of esters is 1. The first-order valence-electron chi connectivity index (χ1n) is 6.53. The number of thiophene rings is 1. The number of carbonyl (C=O) groups excluding carboxylic acids is 1. The minimum absolute atomic E-state index is 0.303. The molecule has 0 aliphatic heterocycles. The highest BCUT2D eigenvalue weighted by Crippen LogP contribution is 2.42. The number of rotatable bonds is 3. The van der Waals surface area contributed by atoms with Crippen LogP contribution in [0.5, 0.6) is 0 Å². The summed E-state index contributed by atoms with van der Waals surface area (Å²) in [6.07, 6.45) is 0. The molecule has 1 aromatic heterocycles. The normalized spacial score (nSPS) is 10.8. The molecule has 0 saturated heterocycles. The monoisotopic (exact) mass is 289 g/mol. The van der Waals surface area contributed by atoms with Gasteiger partial charge in [0, 0.05) is 10.4 Å². The zero-order valence-corrected chi connectivity index (χ0v) is 13.0. The van der Waals surface area contributed by atoms with E-state index >= 15 is 0 Å². The molecule has 1 heterocycles. The van der Waals surface area contributed by atoms with E-state index in [1.54, 1.807) is 0 Å². The first-order chi connectivity index (χ1) is 9.45. The zero-order valence-electron chi connectivity index (χ0n) is 12.2. The van der Waals surface area contributed by atoms with Crippen molar-refractivity contribution in [3.63, 3.8) is 0 Å². The van der Waals surface area contributed by atoms with Crippen LogP contribution in [-0.4, -0.2) is 13.1 Å². The van der Waals surface area contributed by atoms with Crippen LogP contribution in [0.3, 0.4) is 0 Å². The highest BCUT2D eigenvalue weighted by atomic mass is 32.1. The lowest BCUT2D eigenvalue weighted by Gasteiger charge is -2.10. The van der Waals surface area contributed by atoms with E-state index in [2.05, 4.69) is 13.8 Å². The number of nitrogen functional groups attached to an aromatic ring is 1. The van der Waals surface area contributed by atoms with Gasteiger partial charge in [0.2, 0.25) is 0 Å². The van der Waals surface area contributed by atoms with E-state index in [0.717, 1.165) is 16.0 Å². The fourth-order valence-electron chi connectivity index (χ4n) is 2.18. The smallest absolute Gasteiger partial charge is 0.341 e. The maximum absolute atomic E-state index is 12.0. The molecule has 1 aromatic carbocycles. The SMILES string of the molecule is COC(=O)c1c(N)sc(C(C)C)c1-c1ccc(C)cc1. The number of aryl methyl sites for hydroxylation is 1. The summed E-state index contributed by atoms with van der Waals surface area (Å²) in [4.78, 5) is 13.2. The number of methoxy groups -OCH3 is 1. The molecular weight excluding hydrogens is 270 g/mol. The molecule has 106 valence electrons. The average molecular weight is 289 g/mol. The summed E-state index contributed by atoms with van der Waals surface area (Å²) in [6, 6.07) is 8.12. The van der Waals surface area contributed by atoms with E-state index in [1.165, 1.54) is 24.0 Å². The van der Waals surface area contributed by atoms with E-state index < -0.39 is 0 Å². The molecule has 4 heteroatoms. The molecule has 0 fully saturated rings. The first kappa shape index (κ1) is 14.6. The van der Waals surface area contributed by atoms with Gasteiger partial charge in [0.05, 0.1) is 7.11 Å². The average Bonchev–Trinajstić information content (AvgIpc) is 2.76. The summed E-state index contributed by atoms with van der Waals surface area (Å²) in [6.45, 7) is 6.24. The molecule has 0 atom stereocenters. The van der Waals surface area contributed by atoms with E-state index in [0.29, 0.717) is 16.5 Å². The van der Waals surface area contributed by atoms with Gasteiger partial charge in [-0.25, -0.2) is 4.79 Å². The quantitative estimate of drug-likeness (QED) is 0.861. The Bertz CT molecular complexity index is 627. The first-order valence-corrected chi connectivity index (χ1v) is 7.34. The van der Waals surface area contributed by atoms with Gasteiger partial charge in [-0.2, -0.15) is 0 Å². The third-order valence-electron chi connectivity index (χ3n) is 3.22. The molecule has 3 nitrogen and oxygen atoms in total. The lowest BCUT2D eigenvalue weighted by Crippen LogP contribution is -2.05. The molecule has 0 amide bonds. The molecular formula is C16H19NO2S. The summed E-state index contributed by atoms with van der Waals surface area (Å²) >= 11 is 1.47. The Morgan fingerprint density at radius 3 is 2.35 bits per heavy atom.